The van der Waals surface area contributed by atoms with E-state index in [1.54, 1.807) is 24.8 Å². The number of nitrogens with zero attached hydrogens (tertiary/aromatic N) is 3. The Balaban J connectivity index is 2.37. The Labute approximate surface area is 124 Å². The summed E-state index contributed by atoms with van der Waals surface area (Å²) < 4.78 is 0. The average Bonchev–Trinajstić information content (AvgIpc) is 2.40. The first-order chi connectivity index (χ1) is 9.84. The zero-order valence-electron chi connectivity index (χ0n) is 12.9. The summed E-state index contributed by atoms with van der Waals surface area (Å²) in [5, 5.41) is 5.48. The lowest BCUT2D eigenvalue weighted by molar-refractivity contribution is -0.135. The summed E-state index contributed by atoms with van der Waals surface area (Å²) in [5.74, 6) is 0.451. The normalized spacial score (nSPS) is 17.6. The van der Waals surface area contributed by atoms with Crippen LogP contribution in [0.4, 0.5) is 11.8 Å². The fourth-order valence-electron chi connectivity index (χ4n) is 2.16. The third-order valence-electron chi connectivity index (χ3n) is 3.44. The van der Waals surface area contributed by atoms with E-state index in [9.17, 15) is 9.59 Å². The molecule has 0 aliphatic carbocycles. The predicted octanol–water partition coefficient (Wildman–Crippen LogP) is 0.848. The van der Waals surface area contributed by atoms with Gasteiger partial charge in [0.2, 0.25) is 11.9 Å². The summed E-state index contributed by atoms with van der Waals surface area (Å²) >= 11 is 0. The molecule has 1 aliphatic heterocycles. The number of anilines is 2. The molecular weight excluding hydrogens is 270 g/mol. The van der Waals surface area contributed by atoms with Crippen LogP contribution >= 0.6 is 0 Å². The number of carbonyl (C=O) groups is 2. The molecule has 7 heteroatoms. The summed E-state index contributed by atoms with van der Waals surface area (Å²) in [7, 11) is 0. The molecule has 0 atom stereocenters. The molecule has 1 saturated heterocycles. The van der Waals surface area contributed by atoms with Gasteiger partial charge in [0.25, 0.3) is 5.91 Å². The molecule has 21 heavy (non-hydrogen) atoms. The van der Waals surface area contributed by atoms with E-state index < -0.39 is 5.54 Å². The smallest absolute Gasteiger partial charge is 0.251 e. The van der Waals surface area contributed by atoms with Crippen molar-refractivity contribution in [3.63, 3.8) is 0 Å². The van der Waals surface area contributed by atoms with Crippen LogP contribution in [0.2, 0.25) is 0 Å². The van der Waals surface area contributed by atoms with Gasteiger partial charge in [0.1, 0.15) is 11.4 Å². The van der Waals surface area contributed by atoms with E-state index >= 15 is 0 Å². The molecule has 1 fully saturated rings. The van der Waals surface area contributed by atoms with Gasteiger partial charge in [0.15, 0.2) is 0 Å². The van der Waals surface area contributed by atoms with Crippen LogP contribution in [-0.2, 0) is 9.59 Å². The third-order valence-corrected chi connectivity index (χ3v) is 3.44. The van der Waals surface area contributed by atoms with Crippen molar-refractivity contribution in [1.82, 2.24) is 15.3 Å². The number of hydrogen-bond acceptors (Lipinski definition) is 6. The zero-order valence-corrected chi connectivity index (χ0v) is 12.9. The molecule has 0 bridgehead atoms. The predicted molar refractivity (Wildman–Crippen MR) is 80.1 cm³/mol. The minimum Gasteiger partial charge on any atom is -0.354 e. The number of amides is 2. The van der Waals surface area contributed by atoms with Crippen LogP contribution in [-0.4, -0.2) is 40.4 Å². The van der Waals surface area contributed by atoms with Gasteiger partial charge >= 0.3 is 0 Å². The molecule has 0 saturated carbocycles. The molecule has 1 aromatic rings. The molecule has 7 nitrogen and oxygen atoms in total. The van der Waals surface area contributed by atoms with E-state index in [1.807, 2.05) is 6.92 Å². The van der Waals surface area contributed by atoms with Gasteiger partial charge in [-0.1, -0.05) is 6.92 Å². The highest BCUT2D eigenvalue weighted by molar-refractivity contribution is 6.06. The lowest BCUT2D eigenvalue weighted by atomic mass is 9.98. The minimum absolute atomic E-state index is 0.0996. The highest BCUT2D eigenvalue weighted by Crippen LogP contribution is 2.26. The van der Waals surface area contributed by atoms with Crippen LogP contribution in [0.3, 0.4) is 0 Å². The number of imide groups is 1. The maximum Gasteiger partial charge on any atom is 0.251 e. The van der Waals surface area contributed by atoms with Crippen molar-refractivity contribution in [2.24, 2.45) is 0 Å². The first kappa shape index (κ1) is 15.2. The van der Waals surface area contributed by atoms with Crippen LogP contribution < -0.4 is 15.5 Å². The standard InChI is InChI=1S/C14H21N5O2/c1-5-6-15-13-16-9(2)7-10(17-13)19-8-11(20)18-12(21)14(19,3)4/h7H,5-6,8H2,1-4H3,(H,15,16,17)(H,18,20,21). The number of piperazine rings is 1. The van der Waals surface area contributed by atoms with E-state index in [4.69, 9.17) is 0 Å². The van der Waals surface area contributed by atoms with Gasteiger partial charge < -0.3 is 10.2 Å². The van der Waals surface area contributed by atoms with E-state index in [2.05, 4.69) is 27.5 Å². The summed E-state index contributed by atoms with van der Waals surface area (Å²) in [6.45, 7) is 8.33. The van der Waals surface area contributed by atoms with Crippen molar-refractivity contribution >= 4 is 23.6 Å². The molecule has 1 aliphatic rings. The summed E-state index contributed by atoms with van der Waals surface area (Å²) in [4.78, 5) is 34.1. The highest BCUT2D eigenvalue weighted by Gasteiger charge is 2.41. The maximum absolute atomic E-state index is 12.0. The largest absolute Gasteiger partial charge is 0.354 e. The highest BCUT2D eigenvalue weighted by atomic mass is 16.2. The Hall–Kier alpha value is -2.18. The number of hydrogen-bond donors (Lipinski definition) is 2. The maximum atomic E-state index is 12.0. The first-order valence-electron chi connectivity index (χ1n) is 7.06. The molecule has 0 spiro atoms. The van der Waals surface area contributed by atoms with Crippen molar-refractivity contribution in [2.75, 3.05) is 23.3 Å². The fraction of sp³-hybridized carbons (Fsp3) is 0.571. The van der Waals surface area contributed by atoms with Crippen LogP contribution in [0.25, 0.3) is 0 Å². The molecule has 2 rings (SSSR count). The van der Waals surface area contributed by atoms with Crippen molar-refractivity contribution in [3.8, 4) is 0 Å². The van der Waals surface area contributed by atoms with Gasteiger partial charge in [0.05, 0.1) is 6.54 Å². The van der Waals surface area contributed by atoms with Gasteiger partial charge in [-0.25, -0.2) is 4.98 Å². The van der Waals surface area contributed by atoms with E-state index in [1.165, 1.54) is 0 Å². The fourth-order valence-corrected chi connectivity index (χ4v) is 2.16. The lowest BCUT2D eigenvalue weighted by Crippen LogP contribution is -2.64. The van der Waals surface area contributed by atoms with Crippen molar-refractivity contribution in [3.05, 3.63) is 11.8 Å². The SMILES string of the molecule is CCCNc1nc(C)cc(N2CC(=O)NC(=O)C2(C)C)n1. The number of nitrogens with one attached hydrogen (secondary N) is 2. The monoisotopic (exact) mass is 291 g/mol. The number of carbonyl (C=O) groups excluding carboxylic acids is 2. The summed E-state index contributed by atoms with van der Waals surface area (Å²) in [6, 6.07) is 1.78. The van der Waals surface area contributed by atoms with E-state index in [0.717, 1.165) is 18.7 Å². The summed E-state index contributed by atoms with van der Waals surface area (Å²) in [6.07, 6.45) is 0.961. The second-order valence-corrected chi connectivity index (χ2v) is 5.64. The van der Waals surface area contributed by atoms with Crippen molar-refractivity contribution in [1.29, 1.82) is 0 Å². The lowest BCUT2D eigenvalue weighted by Gasteiger charge is -2.41. The number of rotatable bonds is 4. The van der Waals surface area contributed by atoms with Crippen LogP contribution in [0, 0.1) is 6.92 Å². The van der Waals surface area contributed by atoms with E-state index in [-0.39, 0.29) is 18.4 Å². The molecule has 114 valence electrons. The molecule has 0 radical (unpaired) electrons. The Kier molecular flexibility index (Phi) is 4.11. The zero-order chi connectivity index (χ0) is 15.6. The summed E-state index contributed by atoms with van der Waals surface area (Å²) in [5.41, 5.74) is -0.0515. The van der Waals surface area contributed by atoms with Crippen LogP contribution in [0.15, 0.2) is 6.07 Å². The molecule has 2 N–H and O–H groups in total. The van der Waals surface area contributed by atoms with Crippen LogP contribution in [0.5, 0.6) is 0 Å². The van der Waals surface area contributed by atoms with Crippen molar-refractivity contribution < 1.29 is 9.59 Å². The number of aryl methyl sites for hydroxylation is 1. The minimum atomic E-state index is -0.837. The molecule has 0 aromatic carbocycles. The molecule has 2 heterocycles. The molecule has 1 aromatic heterocycles. The Morgan fingerprint density at radius 2 is 2.10 bits per heavy atom. The first-order valence-corrected chi connectivity index (χ1v) is 7.06. The van der Waals surface area contributed by atoms with Gasteiger partial charge in [-0.3, -0.25) is 14.9 Å². The molecular formula is C14H21N5O2. The second kappa shape index (κ2) is 5.67. The Morgan fingerprint density at radius 3 is 2.76 bits per heavy atom. The van der Waals surface area contributed by atoms with Crippen molar-refractivity contribution in [2.45, 2.75) is 39.7 Å². The Bertz CT molecular complexity index is 570. The second-order valence-electron chi connectivity index (χ2n) is 5.64. The Morgan fingerprint density at radius 1 is 1.38 bits per heavy atom. The van der Waals surface area contributed by atoms with Gasteiger partial charge in [-0.2, -0.15) is 4.98 Å². The topological polar surface area (TPSA) is 87.2 Å². The quantitative estimate of drug-likeness (QED) is 0.800. The average molecular weight is 291 g/mol. The third kappa shape index (κ3) is 3.12. The van der Waals surface area contributed by atoms with Crippen LogP contribution in [0.1, 0.15) is 32.9 Å². The van der Waals surface area contributed by atoms with E-state index in [0.29, 0.717) is 11.8 Å². The van der Waals surface area contributed by atoms with Gasteiger partial charge in [-0.05, 0) is 27.2 Å². The molecule has 0 unspecified atom stereocenters. The molecule has 2 amide bonds. The van der Waals surface area contributed by atoms with Gasteiger partial charge in [-0.15, -0.1) is 0 Å². The number of aromatic nitrogens is 2. The van der Waals surface area contributed by atoms with Gasteiger partial charge in [0, 0.05) is 18.3 Å².